The Morgan fingerprint density at radius 3 is 2.31 bits per heavy atom. The van der Waals surface area contributed by atoms with E-state index in [1.807, 2.05) is 18.2 Å². The Balaban J connectivity index is 1.88. The summed E-state index contributed by atoms with van der Waals surface area (Å²) in [5, 5.41) is 2.68. The predicted molar refractivity (Wildman–Crippen MR) is 108 cm³/mol. The van der Waals surface area contributed by atoms with Crippen LogP contribution in [0, 0.1) is 5.82 Å². The number of amides is 1. The molecule has 0 spiro atoms. The lowest BCUT2D eigenvalue weighted by Crippen LogP contribution is -2.24. The van der Waals surface area contributed by atoms with Crippen molar-refractivity contribution in [2.45, 2.75) is 4.90 Å². The van der Waals surface area contributed by atoms with E-state index < -0.39 is 26.6 Å². The molecule has 3 aromatic rings. The first-order chi connectivity index (χ1) is 13.8. The zero-order valence-electron chi connectivity index (χ0n) is 15.8. The number of para-hydroxylation sites is 3. The second-order valence-corrected chi connectivity index (χ2v) is 8.42. The molecule has 0 aromatic heterocycles. The molecule has 0 unspecified atom stereocenters. The summed E-state index contributed by atoms with van der Waals surface area (Å²) < 4.78 is 45.3. The van der Waals surface area contributed by atoms with Gasteiger partial charge in [0.2, 0.25) is 10.0 Å². The fourth-order valence-corrected chi connectivity index (χ4v) is 3.49. The zero-order chi connectivity index (χ0) is 21.0. The van der Waals surface area contributed by atoms with Crippen molar-refractivity contribution in [2.24, 2.45) is 0 Å². The molecule has 0 fully saturated rings. The molecule has 29 heavy (non-hydrogen) atoms. The van der Waals surface area contributed by atoms with Gasteiger partial charge in [-0.2, -0.15) is 0 Å². The lowest BCUT2D eigenvalue weighted by Gasteiger charge is -2.14. The van der Waals surface area contributed by atoms with Crippen molar-refractivity contribution in [2.75, 3.05) is 19.4 Å². The third kappa shape index (κ3) is 4.61. The highest BCUT2D eigenvalue weighted by molar-refractivity contribution is 7.89. The Labute approximate surface area is 168 Å². The van der Waals surface area contributed by atoms with Crippen LogP contribution in [-0.2, 0) is 10.0 Å². The number of hydrogen-bond donors (Lipinski definition) is 1. The highest BCUT2D eigenvalue weighted by Crippen LogP contribution is 2.29. The molecule has 3 aromatic carbocycles. The predicted octanol–water partition coefficient (Wildman–Crippen LogP) is 4.12. The molecule has 6 nitrogen and oxygen atoms in total. The Morgan fingerprint density at radius 2 is 1.62 bits per heavy atom. The van der Waals surface area contributed by atoms with Crippen LogP contribution >= 0.6 is 0 Å². The molecule has 0 heterocycles. The van der Waals surface area contributed by atoms with Crippen molar-refractivity contribution in [1.29, 1.82) is 0 Å². The van der Waals surface area contributed by atoms with Crippen molar-refractivity contribution >= 4 is 21.6 Å². The lowest BCUT2D eigenvalue weighted by molar-refractivity contribution is 0.102. The number of carbonyl (C=O) groups is 1. The van der Waals surface area contributed by atoms with E-state index in [0.29, 0.717) is 17.2 Å². The van der Waals surface area contributed by atoms with Gasteiger partial charge in [0.25, 0.3) is 5.91 Å². The van der Waals surface area contributed by atoms with Crippen LogP contribution in [0.4, 0.5) is 10.1 Å². The van der Waals surface area contributed by atoms with Crippen LogP contribution in [0.2, 0.25) is 0 Å². The van der Waals surface area contributed by atoms with Crippen LogP contribution in [-0.4, -0.2) is 32.7 Å². The third-order valence-electron chi connectivity index (χ3n) is 4.06. The van der Waals surface area contributed by atoms with Gasteiger partial charge in [-0.1, -0.05) is 30.3 Å². The lowest BCUT2D eigenvalue weighted by atomic mass is 10.2. The summed E-state index contributed by atoms with van der Waals surface area (Å²) in [6.07, 6.45) is 0. The number of sulfonamides is 1. The maximum atomic E-state index is 14.1. The minimum absolute atomic E-state index is 0.00124. The van der Waals surface area contributed by atoms with E-state index in [1.54, 1.807) is 36.4 Å². The third-order valence-corrected chi connectivity index (χ3v) is 5.89. The van der Waals surface area contributed by atoms with Gasteiger partial charge >= 0.3 is 0 Å². The standard InChI is InChI=1S/C21H19FN2O4S/c1-24(2)29(26,27)20-14-15(12-13-17(20)22)21(25)23-18-10-6-7-11-19(18)28-16-8-4-3-5-9-16/h3-14H,1-2H3,(H,23,25). The van der Waals surface area contributed by atoms with E-state index in [0.717, 1.165) is 16.4 Å². The molecule has 0 saturated heterocycles. The maximum Gasteiger partial charge on any atom is 0.255 e. The Bertz CT molecular complexity index is 1130. The Hall–Kier alpha value is -3.23. The first-order valence-corrected chi connectivity index (χ1v) is 10.1. The summed E-state index contributed by atoms with van der Waals surface area (Å²) in [4.78, 5) is 12.1. The summed E-state index contributed by atoms with van der Waals surface area (Å²) >= 11 is 0. The largest absolute Gasteiger partial charge is 0.455 e. The summed E-state index contributed by atoms with van der Waals surface area (Å²) in [6, 6.07) is 19.1. The molecule has 8 heteroatoms. The minimum Gasteiger partial charge on any atom is -0.455 e. The van der Waals surface area contributed by atoms with E-state index in [2.05, 4.69) is 5.32 Å². The molecule has 1 N–H and O–H groups in total. The average Bonchev–Trinajstić information content (AvgIpc) is 2.70. The highest BCUT2D eigenvalue weighted by Gasteiger charge is 2.23. The first-order valence-electron chi connectivity index (χ1n) is 8.64. The van der Waals surface area contributed by atoms with Crippen LogP contribution < -0.4 is 10.1 Å². The van der Waals surface area contributed by atoms with E-state index in [4.69, 9.17) is 4.74 Å². The number of halogens is 1. The number of ether oxygens (including phenoxy) is 1. The number of rotatable bonds is 6. The van der Waals surface area contributed by atoms with E-state index in [-0.39, 0.29) is 5.56 Å². The second-order valence-electron chi connectivity index (χ2n) is 6.30. The minimum atomic E-state index is -4.03. The number of nitrogens with one attached hydrogen (secondary N) is 1. The van der Waals surface area contributed by atoms with E-state index in [9.17, 15) is 17.6 Å². The van der Waals surface area contributed by atoms with Gasteiger partial charge in [0.05, 0.1) is 5.69 Å². The van der Waals surface area contributed by atoms with Crippen LogP contribution in [0.5, 0.6) is 11.5 Å². The SMILES string of the molecule is CN(C)S(=O)(=O)c1cc(C(=O)Nc2ccccc2Oc2ccccc2)ccc1F. The molecule has 150 valence electrons. The van der Waals surface area contributed by atoms with Crippen molar-refractivity contribution < 1.29 is 22.3 Å². The monoisotopic (exact) mass is 414 g/mol. The number of carbonyl (C=O) groups excluding carboxylic acids is 1. The van der Waals surface area contributed by atoms with E-state index >= 15 is 0 Å². The van der Waals surface area contributed by atoms with Crippen molar-refractivity contribution in [1.82, 2.24) is 4.31 Å². The molecule has 0 atom stereocenters. The van der Waals surface area contributed by atoms with E-state index in [1.165, 1.54) is 20.2 Å². The number of hydrogen-bond acceptors (Lipinski definition) is 4. The molecule has 0 aliphatic carbocycles. The second kappa shape index (κ2) is 8.42. The van der Waals surface area contributed by atoms with Crippen molar-refractivity contribution in [3.63, 3.8) is 0 Å². The van der Waals surface area contributed by atoms with Gasteiger partial charge in [-0.15, -0.1) is 0 Å². The quantitative estimate of drug-likeness (QED) is 0.658. The van der Waals surface area contributed by atoms with Gasteiger partial charge in [-0.05, 0) is 42.5 Å². The molecular weight excluding hydrogens is 395 g/mol. The normalized spacial score (nSPS) is 11.3. The van der Waals surface area contributed by atoms with Crippen molar-refractivity contribution in [3.05, 3.63) is 84.2 Å². The first kappa shape index (κ1) is 20.5. The Morgan fingerprint density at radius 1 is 0.966 bits per heavy atom. The van der Waals surface area contributed by atoms with Crippen LogP contribution in [0.15, 0.2) is 77.7 Å². The van der Waals surface area contributed by atoms with Gasteiger partial charge < -0.3 is 10.1 Å². The molecule has 0 aliphatic heterocycles. The summed E-state index contributed by atoms with van der Waals surface area (Å²) in [5.41, 5.74) is 0.393. The van der Waals surface area contributed by atoms with Crippen molar-refractivity contribution in [3.8, 4) is 11.5 Å². The molecule has 0 aliphatic rings. The van der Waals surface area contributed by atoms with Gasteiger partial charge in [0.15, 0.2) is 5.75 Å². The maximum absolute atomic E-state index is 14.1. The zero-order valence-corrected chi connectivity index (χ0v) is 16.6. The smallest absolute Gasteiger partial charge is 0.255 e. The van der Waals surface area contributed by atoms with Gasteiger partial charge in [-0.25, -0.2) is 17.1 Å². The molecule has 3 rings (SSSR count). The summed E-state index contributed by atoms with van der Waals surface area (Å²) in [5.74, 6) is -0.516. The molecule has 0 radical (unpaired) electrons. The fourth-order valence-electron chi connectivity index (χ4n) is 2.51. The number of anilines is 1. The highest BCUT2D eigenvalue weighted by atomic mass is 32.2. The fraction of sp³-hybridized carbons (Fsp3) is 0.0952. The molecule has 0 saturated carbocycles. The van der Waals surface area contributed by atoms with Crippen LogP contribution in [0.3, 0.4) is 0 Å². The summed E-state index contributed by atoms with van der Waals surface area (Å²) in [6.45, 7) is 0. The molecule has 0 bridgehead atoms. The molecular formula is C21H19FN2O4S. The summed E-state index contributed by atoms with van der Waals surface area (Å²) in [7, 11) is -1.45. The number of nitrogens with zero attached hydrogens (tertiary/aromatic N) is 1. The van der Waals surface area contributed by atoms with Crippen LogP contribution in [0.25, 0.3) is 0 Å². The van der Waals surface area contributed by atoms with Gasteiger partial charge in [-0.3, -0.25) is 4.79 Å². The number of benzene rings is 3. The average molecular weight is 414 g/mol. The van der Waals surface area contributed by atoms with Gasteiger partial charge in [0, 0.05) is 19.7 Å². The van der Waals surface area contributed by atoms with Gasteiger partial charge in [0.1, 0.15) is 16.5 Å². The van der Waals surface area contributed by atoms with Crippen LogP contribution in [0.1, 0.15) is 10.4 Å². The Kier molecular flexibility index (Phi) is 5.95. The molecule has 1 amide bonds. The topological polar surface area (TPSA) is 75.7 Å².